The molecule has 3 N–H and O–H groups in total. The largest absolute Gasteiger partial charge is 0.386 e. The van der Waals surface area contributed by atoms with Crippen LogP contribution in [0.15, 0.2) is 53.5 Å². The van der Waals surface area contributed by atoms with Gasteiger partial charge in [0.15, 0.2) is 0 Å². The van der Waals surface area contributed by atoms with E-state index in [9.17, 15) is 4.79 Å². The fourth-order valence-electron chi connectivity index (χ4n) is 2.13. The maximum absolute atomic E-state index is 12.3. The molecule has 0 aliphatic rings. The Kier molecular flexibility index (Phi) is 5.60. The Hall–Kier alpha value is -2.77. The van der Waals surface area contributed by atoms with Crippen LogP contribution in [0.4, 0.5) is 11.4 Å². The molecule has 8 heteroatoms. The molecule has 0 saturated carbocycles. The van der Waals surface area contributed by atoms with E-state index in [1.54, 1.807) is 0 Å². The molecule has 0 atom stereocenters. The SMILES string of the molecule is Cc1ccc(NC(=O)c2nnc(-c3ccc(N=C(N)CCl)cc3)s2)cc1. The molecule has 0 radical (unpaired) electrons. The molecular formula is C18H16ClN5OS. The monoisotopic (exact) mass is 385 g/mol. The Morgan fingerprint density at radius 3 is 2.50 bits per heavy atom. The van der Waals surface area contributed by atoms with Crippen molar-refractivity contribution in [3.05, 3.63) is 59.1 Å². The van der Waals surface area contributed by atoms with E-state index in [1.807, 2.05) is 55.5 Å². The number of nitrogens with zero attached hydrogens (tertiary/aromatic N) is 3. The van der Waals surface area contributed by atoms with E-state index in [2.05, 4.69) is 20.5 Å². The Labute approximate surface area is 159 Å². The molecule has 1 aromatic heterocycles. The standard InChI is InChI=1S/C18H16ClN5OS/c1-11-2-6-14(7-3-11)22-16(25)18-24-23-17(26-18)12-4-8-13(9-5-12)21-15(20)10-19/h2-9H,10H2,1H3,(H2,20,21)(H,22,25). The second kappa shape index (κ2) is 8.07. The van der Waals surface area contributed by atoms with Crippen molar-refractivity contribution < 1.29 is 4.79 Å². The number of halogens is 1. The number of rotatable bonds is 5. The maximum Gasteiger partial charge on any atom is 0.286 e. The average molecular weight is 386 g/mol. The number of carbonyl (C=O) groups is 1. The van der Waals surface area contributed by atoms with Gasteiger partial charge in [0.25, 0.3) is 5.91 Å². The van der Waals surface area contributed by atoms with Crippen LogP contribution in [0.25, 0.3) is 10.6 Å². The third-order valence-electron chi connectivity index (χ3n) is 3.45. The number of aliphatic imine (C=N–C) groups is 1. The highest BCUT2D eigenvalue weighted by atomic mass is 35.5. The van der Waals surface area contributed by atoms with Crippen LogP contribution in [-0.2, 0) is 0 Å². The molecule has 0 fully saturated rings. The molecule has 0 aliphatic carbocycles. The zero-order valence-electron chi connectivity index (χ0n) is 13.9. The number of nitrogens with one attached hydrogen (secondary N) is 1. The van der Waals surface area contributed by atoms with E-state index >= 15 is 0 Å². The summed E-state index contributed by atoms with van der Waals surface area (Å²) in [5.41, 5.74) is 9.01. The lowest BCUT2D eigenvalue weighted by Crippen LogP contribution is -2.12. The van der Waals surface area contributed by atoms with Gasteiger partial charge in [-0.1, -0.05) is 29.0 Å². The van der Waals surface area contributed by atoms with Gasteiger partial charge in [0.1, 0.15) is 10.8 Å². The fraction of sp³-hybridized carbons (Fsp3) is 0.111. The van der Waals surface area contributed by atoms with Crippen LogP contribution in [-0.4, -0.2) is 27.8 Å². The number of anilines is 1. The van der Waals surface area contributed by atoms with Gasteiger partial charge in [-0.15, -0.1) is 21.8 Å². The number of amidine groups is 1. The lowest BCUT2D eigenvalue weighted by molar-refractivity contribution is 0.102. The van der Waals surface area contributed by atoms with E-state index in [0.717, 1.165) is 16.8 Å². The Morgan fingerprint density at radius 1 is 1.15 bits per heavy atom. The summed E-state index contributed by atoms with van der Waals surface area (Å²) < 4.78 is 0. The third kappa shape index (κ3) is 4.44. The predicted octanol–water partition coefficient (Wildman–Crippen LogP) is 3.99. The summed E-state index contributed by atoms with van der Waals surface area (Å²) in [6.07, 6.45) is 0. The van der Waals surface area contributed by atoms with Crippen LogP contribution in [0.2, 0.25) is 0 Å². The number of carbonyl (C=O) groups excluding carboxylic acids is 1. The van der Waals surface area contributed by atoms with Crippen LogP contribution < -0.4 is 11.1 Å². The van der Waals surface area contributed by atoms with Gasteiger partial charge >= 0.3 is 0 Å². The molecule has 3 aromatic rings. The summed E-state index contributed by atoms with van der Waals surface area (Å²) in [7, 11) is 0. The van der Waals surface area contributed by atoms with Gasteiger partial charge in [-0.3, -0.25) is 4.79 Å². The van der Waals surface area contributed by atoms with Crippen molar-refractivity contribution in [1.82, 2.24) is 10.2 Å². The molecular weight excluding hydrogens is 370 g/mol. The number of alkyl halides is 1. The van der Waals surface area contributed by atoms with E-state index in [1.165, 1.54) is 11.3 Å². The van der Waals surface area contributed by atoms with Gasteiger partial charge in [0.05, 0.1) is 11.6 Å². The minimum Gasteiger partial charge on any atom is -0.386 e. The summed E-state index contributed by atoms with van der Waals surface area (Å²) in [4.78, 5) is 16.5. The zero-order valence-corrected chi connectivity index (χ0v) is 15.5. The molecule has 0 saturated heterocycles. The van der Waals surface area contributed by atoms with Crippen LogP contribution in [0.5, 0.6) is 0 Å². The summed E-state index contributed by atoms with van der Waals surface area (Å²) >= 11 is 6.84. The molecule has 6 nitrogen and oxygen atoms in total. The van der Waals surface area contributed by atoms with Crippen LogP contribution in [0, 0.1) is 6.92 Å². The van der Waals surface area contributed by atoms with Crippen molar-refractivity contribution in [1.29, 1.82) is 0 Å². The highest BCUT2D eigenvalue weighted by molar-refractivity contribution is 7.16. The number of aryl methyl sites for hydroxylation is 1. The minimum absolute atomic E-state index is 0.178. The number of nitrogens with two attached hydrogens (primary N) is 1. The Balaban J connectivity index is 1.72. The second-order valence-corrected chi connectivity index (χ2v) is 6.76. The Bertz CT molecular complexity index is 935. The summed E-state index contributed by atoms with van der Waals surface area (Å²) in [5.74, 6) is 0.247. The molecule has 2 aromatic carbocycles. The van der Waals surface area contributed by atoms with Crippen LogP contribution in [0.3, 0.4) is 0 Å². The topological polar surface area (TPSA) is 93.3 Å². The first-order valence-electron chi connectivity index (χ1n) is 7.76. The summed E-state index contributed by atoms with van der Waals surface area (Å²) in [5, 5.41) is 11.8. The molecule has 0 spiro atoms. The predicted molar refractivity (Wildman–Crippen MR) is 106 cm³/mol. The van der Waals surface area contributed by atoms with Gasteiger partial charge < -0.3 is 11.1 Å². The normalized spacial score (nSPS) is 11.4. The summed E-state index contributed by atoms with van der Waals surface area (Å²) in [6.45, 7) is 1.99. The molecule has 1 heterocycles. The highest BCUT2D eigenvalue weighted by Gasteiger charge is 2.14. The Morgan fingerprint density at radius 2 is 1.85 bits per heavy atom. The van der Waals surface area contributed by atoms with Gasteiger partial charge in [-0.25, -0.2) is 4.99 Å². The summed E-state index contributed by atoms with van der Waals surface area (Å²) in [6, 6.07) is 14.9. The van der Waals surface area contributed by atoms with E-state index in [0.29, 0.717) is 21.5 Å². The van der Waals surface area contributed by atoms with E-state index in [4.69, 9.17) is 17.3 Å². The molecule has 132 valence electrons. The van der Waals surface area contributed by atoms with Crippen molar-refractivity contribution >= 4 is 46.1 Å². The van der Waals surface area contributed by atoms with Gasteiger partial charge in [0.2, 0.25) is 5.01 Å². The van der Waals surface area contributed by atoms with Gasteiger partial charge in [-0.2, -0.15) is 0 Å². The number of amides is 1. The second-order valence-electron chi connectivity index (χ2n) is 5.52. The van der Waals surface area contributed by atoms with Crippen molar-refractivity contribution in [3.8, 4) is 10.6 Å². The molecule has 3 rings (SSSR count). The highest BCUT2D eigenvalue weighted by Crippen LogP contribution is 2.26. The zero-order chi connectivity index (χ0) is 18.5. The minimum atomic E-state index is -0.284. The first-order valence-corrected chi connectivity index (χ1v) is 9.11. The lowest BCUT2D eigenvalue weighted by Gasteiger charge is -2.02. The van der Waals surface area contributed by atoms with Crippen molar-refractivity contribution in [2.75, 3.05) is 11.2 Å². The van der Waals surface area contributed by atoms with E-state index in [-0.39, 0.29) is 11.8 Å². The molecule has 0 aliphatic heterocycles. The first kappa shape index (κ1) is 18.0. The van der Waals surface area contributed by atoms with Gasteiger partial charge in [0, 0.05) is 11.3 Å². The molecule has 0 unspecified atom stereocenters. The smallest absolute Gasteiger partial charge is 0.286 e. The molecule has 26 heavy (non-hydrogen) atoms. The molecule has 0 bridgehead atoms. The van der Waals surface area contributed by atoms with Crippen molar-refractivity contribution in [3.63, 3.8) is 0 Å². The lowest BCUT2D eigenvalue weighted by atomic mass is 10.2. The van der Waals surface area contributed by atoms with Gasteiger partial charge in [-0.05, 0) is 43.3 Å². The van der Waals surface area contributed by atoms with Crippen LogP contribution in [0.1, 0.15) is 15.4 Å². The van der Waals surface area contributed by atoms with Crippen molar-refractivity contribution in [2.45, 2.75) is 6.92 Å². The number of aromatic nitrogens is 2. The average Bonchev–Trinajstić information content (AvgIpc) is 3.14. The van der Waals surface area contributed by atoms with E-state index < -0.39 is 0 Å². The maximum atomic E-state index is 12.3. The fourth-order valence-corrected chi connectivity index (χ4v) is 2.93. The number of benzene rings is 2. The number of hydrogen-bond donors (Lipinski definition) is 2. The molecule has 1 amide bonds. The number of hydrogen-bond acceptors (Lipinski definition) is 5. The van der Waals surface area contributed by atoms with Crippen LogP contribution >= 0.6 is 22.9 Å². The van der Waals surface area contributed by atoms with Crippen molar-refractivity contribution in [2.24, 2.45) is 10.7 Å². The first-order chi connectivity index (χ1) is 12.5. The third-order valence-corrected chi connectivity index (χ3v) is 4.70. The quantitative estimate of drug-likeness (QED) is 0.394.